The molecule has 1 aromatic heterocycles. The largest absolute Gasteiger partial charge is 0.659 e. The molecule has 0 bridgehead atoms. The van der Waals surface area contributed by atoms with Crippen molar-refractivity contribution in [2.75, 3.05) is 39.6 Å². The summed E-state index contributed by atoms with van der Waals surface area (Å²) in [7, 11) is -9.51. The first-order chi connectivity index (χ1) is 34.0. The van der Waals surface area contributed by atoms with Crippen molar-refractivity contribution in [3.05, 3.63) is 104 Å². The molecule has 5 atom stereocenters. The van der Waals surface area contributed by atoms with Crippen LogP contribution in [0, 0.1) is 11.8 Å². The van der Waals surface area contributed by atoms with E-state index in [0.29, 0.717) is 12.8 Å². The number of rotatable bonds is 30. The molecular formula is C48H68N2O19Si3. The lowest BCUT2D eigenvalue weighted by atomic mass is 10.0. The fraction of sp³-hybridized carbons (Fsp3) is 0.542. The van der Waals surface area contributed by atoms with Crippen LogP contribution in [0.3, 0.4) is 0 Å². The van der Waals surface area contributed by atoms with Gasteiger partial charge in [0.2, 0.25) is 0 Å². The number of esters is 2. The summed E-state index contributed by atoms with van der Waals surface area (Å²) in [6.45, 7) is 12.5. The Bertz CT molecular complexity index is 2320. The smallest absolute Gasteiger partial charge is 0.479 e. The number of aromatic nitrogens is 2. The van der Waals surface area contributed by atoms with E-state index in [4.69, 9.17) is 50.2 Å². The molecule has 24 heteroatoms. The zero-order valence-corrected chi connectivity index (χ0v) is 45.2. The number of hydrogen-bond acceptors (Lipinski definition) is 18. The predicted molar refractivity (Wildman–Crippen MR) is 265 cm³/mol. The highest BCUT2D eigenvalue weighted by Gasteiger charge is 2.56. The van der Waals surface area contributed by atoms with Gasteiger partial charge in [-0.15, -0.1) is 0 Å². The summed E-state index contributed by atoms with van der Waals surface area (Å²) in [6.07, 6.45) is -6.02. The van der Waals surface area contributed by atoms with Gasteiger partial charge >= 0.3 is 32.6 Å². The molecule has 396 valence electrons. The third kappa shape index (κ3) is 20.5. The van der Waals surface area contributed by atoms with E-state index in [2.05, 4.69) is 16.8 Å². The number of nitrogens with zero attached hydrogens (tertiary/aromatic N) is 1. The number of unbranched alkanes of at least 4 members (excludes halogenated alkanes) is 2. The molecule has 3 aromatic rings. The van der Waals surface area contributed by atoms with Gasteiger partial charge in [-0.25, -0.2) is 9.59 Å². The number of carboxylic acids is 1. The average molecular weight is 1060 g/mol. The minimum Gasteiger partial charge on any atom is -0.479 e. The van der Waals surface area contributed by atoms with Crippen molar-refractivity contribution in [1.82, 2.24) is 9.55 Å². The van der Waals surface area contributed by atoms with Crippen molar-refractivity contribution in [1.29, 1.82) is 0 Å². The van der Waals surface area contributed by atoms with E-state index in [1.165, 1.54) is 20.8 Å². The van der Waals surface area contributed by atoms with Crippen LogP contribution in [0.25, 0.3) is 0 Å². The van der Waals surface area contributed by atoms with Crippen LogP contribution in [0.5, 0.6) is 0 Å². The lowest BCUT2D eigenvalue weighted by molar-refractivity contribution is -0.321. The number of carbonyl (C=O) groups is 4. The number of nitrogens with one attached hydrogen (secondary N) is 1. The summed E-state index contributed by atoms with van der Waals surface area (Å²) < 4.78 is 68.2. The second-order valence-electron chi connectivity index (χ2n) is 18.5. The van der Waals surface area contributed by atoms with Crippen molar-refractivity contribution in [3.63, 3.8) is 0 Å². The number of carbonyl (C=O) groups excluding carboxylic acids is 3. The van der Waals surface area contributed by atoms with Gasteiger partial charge in [0.05, 0.1) is 19.8 Å². The molecule has 4 rings (SSSR count). The number of aliphatic hydroxyl groups is 1. The second-order valence-corrected chi connectivity index (χ2v) is 30.1. The van der Waals surface area contributed by atoms with Crippen LogP contribution in [0.1, 0.15) is 75.5 Å². The molecule has 1 aliphatic rings. The summed E-state index contributed by atoms with van der Waals surface area (Å²) in [4.78, 5) is 75.0. The van der Waals surface area contributed by atoms with Crippen LogP contribution in [0.4, 0.5) is 0 Å². The Hall–Kier alpha value is -4.99. The Balaban J connectivity index is 1.73. The number of aliphatic carboxylic acids is 1. The van der Waals surface area contributed by atoms with E-state index in [0.717, 1.165) is 21.9 Å². The van der Waals surface area contributed by atoms with Crippen LogP contribution in [-0.2, 0) is 69.4 Å². The standard InChI is InChI=1S/C48H68N2O19Si3/c1-33(51)30-39(46(56)57)61-25-19-11-10-14-24-38-31-50(47(58)49-44(38)55)45-43(66-48(62-28-26-59-34(2)52)63-29-27-60-35(3)53)41(54)40(65-45)32-64-72(68-70(4,5)6,69-71(7,8)9)67-42(36-20-15-12-16-21-36)37-22-17-13-18-23-37/h12-13,15-18,20-23,31,39-43,45,48,54H,10-11,19,25-30,32H2,1-9H3,(H,56,57)(H,49,55,58)/t39?,40-,41-,43-,45-/m1/s1. The Morgan fingerprint density at radius 3 is 1.83 bits per heavy atom. The van der Waals surface area contributed by atoms with Gasteiger partial charge in [0.1, 0.15) is 49.0 Å². The highest BCUT2D eigenvalue weighted by Crippen LogP contribution is 2.37. The number of hydrogen-bond donors (Lipinski definition) is 3. The van der Waals surface area contributed by atoms with E-state index < -0.39 is 105 Å². The van der Waals surface area contributed by atoms with E-state index in [1.54, 1.807) is 0 Å². The van der Waals surface area contributed by atoms with Gasteiger partial charge in [-0.05, 0) is 70.2 Å². The van der Waals surface area contributed by atoms with Crippen LogP contribution in [0.2, 0.25) is 39.3 Å². The van der Waals surface area contributed by atoms with Crippen molar-refractivity contribution < 1.29 is 79.6 Å². The molecule has 2 heterocycles. The fourth-order valence-corrected chi connectivity index (χ4v) is 15.3. The Morgan fingerprint density at radius 1 is 0.778 bits per heavy atom. The van der Waals surface area contributed by atoms with Crippen LogP contribution in [0.15, 0.2) is 76.4 Å². The molecule has 21 nitrogen and oxygen atoms in total. The van der Waals surface area contributed by atoms with Crippen LogP contribution >= 0.6 is 0 Å². The fourth-order valence-electron chi connectivity index (χ4n) is 6.91. The van der Waals surface area contributed by atoms with Gasteiger partial charge < -0.3 is 60.5 Å². The molecule has 1 unspecified atom stereocenters. The first-order valence-electron chi connectivity index (χ1n) is 23.4. The zero-order chi connectivity index (χ0) is 53.1. The second kappa shape index (κ2) is 28.5. The number of aliphatic hydroxyl groups excluding tert-OH is 1. The van der Waals surface area contributed by atoms with Gasteiger partial charge in [0.15, 0.2) is 29.0 Å². The monoisotopic (exact) mass is 1060 g/mol. The number of carboxylic acid groups (broad SMARTS) is 1. The third-order valence-electron chi connectivity index (χ3n) is 9.85. The molecule has 2 aromatic carbocycles. The maximum Gasteiger partial charge on any atom is 0.659 e. The number of aromatic amines is 1. The molecule has 1 aliphatic heterocycles. The van der Waals surface area contributed by atoms with Crippen LogP contribution < -0.4 is 11.2 Å². The van der Waals surface area contributed by atoms with Gasteiger partial charge in [-0.1, -0.05) is 72.5 Å². The molecule has 0 aliphatic carbocycles. The van der Waals surface area contributed by atoms with E-state index in [9.17, 15) is 39.0 Å². The Kier molecular flexibility index (Phi) is 23.5. The number of ketones is 1. The van der Waals surface area contributed by atoms with Crippen molar-refractivity contribution in [3.8, 4) is 11.8 Å². The zero-order valence-electron chi connectivity index (χ0n) is 42.2. The van der Waals surface area contributed by atoms with Gasteiger partial charge in [-0.3, -0.25) is 28.7 Å². The molecular weight excluding hydrogens is 993 g/mol. The summed E-state index contributed by atoms with van der Waals surface area (Å²) in [5.41, 5.74) is -0.338. The first-order valence-corrected chi connectivity index (χ1v) is 31.9. The third-order valence-corrected chi connectivity index (χ3v) is 17.8. The van der Waals surface area contributed by atoms with Crippen molar-refractivity contribution in [2.45, 2.75) is 129 Å². The average Bonchev–Trinajstić information content (AvgIpc) is 3.59. The number of Topliss-reactive ketones (excluding diaryl/α,β-unsaturated/α-hetero) is 1. The maximum absolute atomic E-state index is 13.7. The number of H-pyrrole nitrogens is 1. The SMILES string of the molecule is CC(=O)CC(OCCCCC#Cc1cn([C@@H]2O[C@H](CO[Si](OC(c3ccccc3)c3ccccc3)(O[Si](C)(C)C)O[Si](C)(C)C)[C@@H](O)[C@H]2OC(OCCOC(C)=O)OCCOC(C)=O)c(=O)[nH]c1=O)C(=O)O. The topological polar surface area (TPSA) is 265 Å². The Morgan fingerprint density at radius 2 is 1.33 bits per heavy atom. The number of ether oxygens (including phenoxy) is 7. The predicted octanol–water partition coefficient (Wildman–Crippen LogP) is 4.56. The van der Waals surface area contributed by atoms with Crippen molar-refractivity contribution >= 4 is 49.4 Å². The lowest BCUT2D eigenvalue weighted by Gasteiger charge is -2.40. The maximum atomic E-state index is 13.7. The van der Waals surface area contributed by atoms with E-state index in [-0.39, 0.29) is 57.2 Å². The minimum atomic E-state index is -4.30. The van der Waals surface area contributed by atoms with E-state index in [1.807, 2.05) is 99.9 Å². The first kappa shape index (κ1) is 59.6. The quantitative estimate of drug-likeness (QED) is 0.0272. The molecule has 0 radical (unpaired) electrons. The minimum absolute atomic E-state index is 0.0534. The molecule has 3 N–H and O–H groups in total. The molecule has 1 fully saturated rings. The summed E-state index contributed by atoms with van der Waals surface area (Å²) in [6, 6.07) is 19.0. The van der Waals surface area contributed by atoms with E-state index >= 15 is 0 Å². The van der Waals surface area contributed by atoms with Gasteiger partial charge in [-0.2, -0.15) is 0 Å². The van der Waals surface area contributed by atoms with Gasteiger partial charge in [0, 0.05) is 39.5 Å². The van der Waals surface area contributed by atoms with Gasteiger partial charge in [0.25, 0.3) is 12.0 Å². The van der Waals surface area contributed by atoms with Crippen molar-refractivity contribution in [2.24, 2.45) is 0 Å². The molecule has 0 saturated carbocycles. The highest BCUT2D eigenvalue weighted by molar-refractivity contribution is 6.83. The molecule has 72 heavy (non-hydrogen) atoms. The number of benzene rings is 2. The lowest BCUT2D eigenvalue weighted by Crippen LogP contribution is -2.60. The highest BCUT2D eigenvalue weighted by atomic mass is 28.5. The van der Waals surface area contributed by atoms with Crippen LogP contribution in [-0.4, -0.2) is 140 Å². The molecule has 1 saturated heterocycles. The molecule has 0 spiro atoms. The summed E-state index contributed by atoms with van der Waals surface area (Å²) in [5, 5.41) is 21.6. The summed E-state index contributed by atoms with van der Waals surface area (Å²) in [5.74, 6) is 2.92. The Labute approximate surface area is 422 Å². The molecule has 0 amide bonds. The summed E-state index contributed by atoms with van der Waals surface area (Å²) >= 11 is 0. The normalized spacial score (nSPS) is 17.6.